The minimum absolute atomic E-state index is 0.109. The Kier molecular flexibility index (Phi) is 5.41. The lowest BCUT2D eigenvalue weighted by Gasteiger charge is -2.38. The molecule has 0 bridgehead atoms. The summed E-state index contributed by atoms with van der Waals surface area (Å²) in [5.74, 6) is 0.437. The van der Waals surface area contributed by atoms with Crippen LogP contribution in [-0.2, 0) is 11.2 Å². The summed E-state index contributed by atoms with van der Waals surface area (Å²) in [6.45, 7) is 7.35. The summed E-state index contributed by atoms with van der Waals surface area (Å²) in [6, 6.07) is 6.33. The van der Waals surface area contributed by atoms with Gasteiger partial charge in [0.05, 0.1) is 17.8 Å². The van der Waals surface area contributed by atoms with Gasteiger partial charge < -0.3 is 10.6 Å². The molecule has 3 rings (SSSR count). The molecular formula is C20H27FN4O. The van der Waals surface area contributed by atoms with Crippen molar-refractivity contribution in [2.75, 3.05) is 13.1 Å². The van der Waals surface area contributed by atoms with E-state index in [4.69, 9.17) is 5.73 Å². The SMILES string of the molecule is Cc1nn(-c2ccc(F)cc2)c(C)c1CC(=O)N1CCC(C)CC1CN. The van der Waals surface area contributed by atoms with E-state index in [0.717, 1.165) is 42.0 Å². The molecule has 2 heterocycles. The molecule has 2 N–H and O–H groups in total. The number of hydrogen-bond donors (Lipinski definition) is 1. The van der Waals surface area contributed by atoms with Crippen LogP contribution in [0.2, 0.25) is 0 Å². The molecule has 6 heteroatoms. The van der Waals surface area contributed by atoms with Gasteiger partial charge in [-0.25, -0.2) is 9.07 Å². The van der Waals surface area contributed by atoms with E-state index >= 15 is 0 Å². The highest BCUT2D eigenvalue weighted by molar-refractivity contribution is 5.80. The molecule has 1 amide bonds. The summed E-state index contributed by atoms with van der Waals surface area (Å²) in [7, 11) is 0. The van der Waals surface area contributed by atoms with Gasteiger partial charge in [0.1, 0.15) is 5.82 Å². The van der Waals surface area contributed by atoms with Crippen LogP contribution in [0.15, 0.2) is 24.3 Å². The summed E-state index contributed by atoms with van der Waals surface area (Å²) < 4.78 is 14.9. The number of piperidine rings is 1. The van der Waals surface area contributed by atoms with E-state index in [1.54, 1.807) is 16.8 Å². The highest BCUT2D eigenvalue weighted by Gasteiger charge is 2.29. The van der Waals surface area contributed by atoms with E-state index in [0.29, 0.717) is 18.9 Å². The van der Waals surface area contributed by atoms with Crippen LogP contribution in [0, 0.1) is 25.6 Å². The van der Waals surface area contributed by atoms with Crippen molar-refractivity contribution in [3.05, 3.63) is 47.0 Å². The first-order valence-electron chi connectivity index (χ1n) is 9.21. The first-order chi connectivity index (χ1) is 12.4. The van der Waals surface area contributed by atoms with Gasteiger partial charge in [0, 0.05) is 30.4 Å². The number of benzene rings is 1. The van der Waals surface area contributed by atoms with Gasteiger partial charge in [0.25, 0.3) is 0 Å². The van der Waals surface area contributed by atoms with Crippen LogP contribution in [0.25, 0.3) is 5.69 Å². The number of hydrogen-bond acceptors (Lipinski definition) is 3. The molecule has 1 aromatic carbocycles. The molecule has 0 saturated carbocycles. The largest absolute Gasteiger partial charge is 0.338 e. The number of likely N-dealkylation sites (tertiary alicyclic amines) is 1. The number of rotatable bonds is 4. The van der Waals surface area contributed by atoms with Crippen LogP contribution >= 0.6 is 0 Å². The van der Waals surface area contributed by atoms with E-state index < -0.39 is 0 Å². The number of amides is 1. The van der Waals surface area contributed by atoms with Gasteiger partial charge in [-0.1, -0.05) is 6.92 Å². The minimum Gasteiger partial charge on any atom is -0.338 e. The second-order valence-corrected chi connectivity index (χ2v) is 7.32. The number of nitrogens with zero attached hydrogens (tertiary/aromatic N) is 3. The highest BCUT2D eigenvalue weighted by Crippen LogP contribution is 2.24. The fourth-order valence-corrected chi connectivity index (χ4v) is 3.82. The number of carbonyl (C=O) groups excluding carboxylic acids is 1. The van der Waals surface area contributed by atoms with Crippen LogP contribution in [0.1, 0.15) is 36.7 Å². The summed E-state index contributed by atoms with van der Waals surface area (Å²) in [5, 5.41) is 4.56. The van der Waals surface area contributed by atoms with Crippen molar-refractivity contribution in [3.63, 3.8) is 0 Å². The first kappa shape index (κ1) is 18.6. The fraction of sp³-hybridized carbons (Fsp3) is 0.500. The van der Waals surface area contributed by atoms with Gasteiger partial charge in [-0.05, 0) is 56.9 Å². The van der Waals surface area contributed by atoms with Gasteiger partial charge in [0.2, 0.25) is 5.91 Å². The van der Waals surface area contributed by atoms with Crippen molar-refractivity contribution in [1.29, 1.82) is 0 Å². The maximum Gasteiger partial charge on any atom is 0.227 e. The summed E-state index contributed by atoms with van der Waals surface area (Å²) in [4.78, 5) is 14.9. The van der Waals surface area contributed by atoms with Crippen LogP contribution in [0.3, 0.4) is 0 Å². The van der Waals surface area contributed by atoms with Crippen LogP contribution in [0.4, 0.5) is 4.39 Å². The second kappa shape index (κ2) is 7.58. The minimum atomic E-state index is -0.280. The van der Waals surface area contributed by atoms with E-state index in [2.05, 4.69) is 12.0 Å². The third-order valence-electron chi connectivity index (χ3n) is 5.41. The zero-order valence-corrected chi connectivity index (χ0v) is 15.7. The highest BCUT2D eigenvalue weighted by atomic mass is 19.1. The number of nitrogens with two attached hydrogens (primary N) is 1. The van der Waals surface area contributed by atoms with Crippen molar-refractivity contribution in [2.45, 2.75) is 46.1 Å². The second-order valence-electron chi connectivity index (χ2n) is 7.32. The molecule has 2 unspecified atom stereocenters. The Morgan fingerprint density at radius 2 is 2.00 bits per heavy atom. The average Bonchev–Trinajstić information content (AvgIpc) is 2.90. The van der Waals surface area contributed by atoms with Gasteiger partial charge >= 0.3 is 0 Å². The Labute approximate surface area is 154 Å². The predicted molar refractivity (Wildman–Crippen MR) is 99.7 cm³/mol. The third-order valence-corrected chi connectivity index (χ3v) is 5.41. The summed E-state index contributed by atoms with van der Waals surface area (Å²) in [5.41, 5.74) is 9.37. The average molecular weight is 358 g/mol. The zero-order chi connectivity index (χ0) is 18.8. The van der Waals surface area contributed by atoms with Gasteiger partial charge in [-0.3, -0.25) is 4.79 Å². The molecule has 2 aromatic rings. The molecule has 0 radical (unpaired) electrons. The lowest BCUT2D eigenvalue weighted by molar-refractivity contribution is -0.134. The number of carbonyl (C=O) groups is 1. The molecule has 26 heavy (non-hydrogen) atoms. The molecule has 2 atom stereocenters. The summed E-state index contributed by atoms with van der Waals surface area (Å²) >= 11 is 0. The predicted octanol–water partition coefficient (Wildman–Crippen LogP) is 2.76. The van der Waals surface area contributed by atoms with Gasteiger partial charge in [-0.2, -0.15) is 5.10 Å². The molecule has 1 saturated heterocycles. The Hall–Kier alpha value is -2.21. The number of aromatic nitrogens is 2. The molecule has 1 aliphatic heterocycles. The van der Waals surface area contributed by atoms with Crippen LogP contribution in [-0.4, -0.2) is 39.7 Å². The molecule has 140 valence electrons. The Morgan fingerprint density at radius 3 is 2.65 bits per heavy atom. The fourth-order valence-electron chi connectivity index (χ4n) is 3.82. The molecular weight excluding hydrogens is 331 g/mol. The van der Waals surface area contributed by atoms with Crippen LogP contribution < -0.4 is 5.73 Å². The molecule has 0 spiro atoms. The lowest BCUT2D eigenvalue weighted by Crippen LogP contribution is -2.49. The Bertz CT molecular complexity index is 784. The van der Waals surface area contributed by atoms with Crippen LogP contribution in [0.5, 0.6) is 0 Å². The Morgan fingerprint density at radius 1 is 1.31 bits per heavy atom. The molecule has 1 aromatic heterocycles. The van der Waals surface area contributed by atoms with Crippen molar-refractivity contribution in [3.8, 4) is 5.69 Å². The Balaban J connectivity index is 1.81. The smallest absolute Gasteiger partial charge is 0.227 e. The van der Waals surface area contributed by atoms with Crippen molar-refractivity contribution in [2.24, 2.45) is 11.7 Å². The molecule has 1 aliphatic rings. The monoisotopic (exact) mass is 358 g/mol. The maximum absolute atomic E-state index is 13.2. The van der Waals surface area contributed by atoms with E-state index in [1.165, 1.54) is 12.1 Å². The quantitative estimate of drug-likeness (QED) is 0.914. The van der Waals surface area contributed by atoms with Crippen molar-refractivity contribution < 1.29 is 9.18 Å². The molecule has 1 fully saturated rings. The first-order valence-corrected chi connectivity index (χ1v) is 9.21. The molecule has 5 nitrogen and oxygen atoms in total. The third kappa shape index (κ3) is 3.65. The maximum atomic E-state index is 13.2. The standard InChI is InChI=1S/C20H27FN4O/c1-13-8-9-24(18(10-13)12-22)20(26)11-19-14(2)23-25(15(19)3)17-6-4-16(21)5-7-17/h4-7,13,18H,8-12,22H2,1-3H3. The number of aryl methyl sites for hydroxylation is 1. The van der Waals surface area contributed by atoms with Crippen molar-refractivity contribution >= 4 is 5.91 Å². The summed E-state index contributed by atoms with van der Waals surface area (Å²) in [6.07, 6.45) is 2.31. The number of halogens is 1. The van der Waals surface area contributed by atoms with E-state index in [-0.39, 0.29) is 17.8 Å². The van der Waals surface area contributed by atoms with Crippen molar-refractivity contribution in [1.82, 2.24) is 14.7 Å². The van der Waals surface area contributed by atoms with Gasteiger partial charge in [0.15, 0.2) is 0 Å². The van der Waals surface area contributed by atoms with Gasteiger partial charge in [-0.15, -0.1) is 0 Å². The zero-order valence-electron chi connectivity index (χ0n) is 15.7. The normalized spacial score (nSPS) is 20.4. The topological polar surface area (TPSA) is 64.2 Å². The lowest BCUT2D eigenvalue weighted by atomic mass is 9.92. The van der Waals surface area contributed by atoms with E-state index in [1.807, 2.05) is 18.7 Å². The molecule has 0 aliphatic carbocycles. The van der Waals surface area contributed by atoms with E-state index in [9.17, 15) is 9.18 Å².